The summed E-state index contributed by atoms with van der Waals surface area (Å²) in [6.07, 6.45) is -3.86. The SMILES string of the molecule is CC1CCCN(C(=O)C(F)(F)F)C1C(=O)CCl. The van der Waals surface area contributed by atoms with Gasteiger partial charge in [0, 0.05) is 6.54 Å². The first-order valence-corrected chi connectivity index (χ1v) is 5.79. The lowest BCUT2D eigenvalue weighted by atomic mass is 9.88. The predicted octanol–water partition coefficient (Wildman–Crippen LogP) is 1.98. The van der Waals surface area contributed by atoms with E-state index >= 15 is 0 Å². The molecule has 1 aliphatic heterocycles. The highest BCUT2D eigenvalue weighted by Gasteiger charge is 2.47. The first kappa shape index (κ1) is 14.3. The number of halogens is 4. The molecule has 98 valence electrons. The molecule has 17 heavy (non-hydrogen) atoms. The number of carbonyl (C=O) groups is 2. The van der Waals surface area contributed by atoms with Crippen LogP contribution in [0.15, 0.2) is 0 Å². The maximum Gasteiger partial charge on any atom is 0.471 e. The van der Waals surface area contributed by atoms with Gasteiger partial charge >= 0.3 is 12.1 Å². The minimum atomic E-state index is -4.94. The number of hydrogen-bond acceptors (Lipinski definition) is 2. The van der Waals surface area contributed by atoms with Crippen molar-refractivity contribution in [3.63, 3.8) is 0 Å². The van der Waals surface area contributed by atoms with Crippen LogP contribution in [0.5, 0.6) is 0 Å². The molecule has 1 amide bonds. The second-order valence-electron chi connectivity index (χ2n) is 4.16. The van der Waals surface area contributed by atoms with E-state index in [2.05, 4.69) is 0 Å². The zero-order chi connectivity index (χ0) is 13.2. The third-order valence-electron chi connectivity index (χ3n) is 2.90. The summed E-state index contributed by atoms with van der Waals surface area (Å²) in [4.78, 5) is 23.3. The van der Waals surface area contributed by atoms with Gasteiger partial charge in [0.05, 0.1) is 11.9 Å². The van der Waals surface area contributed by atoms with Crippen LogP contribution in [0.2, 0.25) is 0 Å². The Kier molecular flexibility index (Phi) is 4.41. The Morgan fingerprint density at radius 2 is 2.00 bits per heavy atom. The van der Waals surface area contributed by atoms with Crippen LogP contribution in [0.25, 0.3) is 0 Å². The summed E-state index contributed by atoms with van der Waals surface area (Å²) in [5.41, 5.74) is 0. The minimum absolute atomic E-state index is 0.0457. The molecule has 2 atom stereocenters. The van der Waals surface area contributed by atoms with Gasteiger partial charge in [0.25, 0.3) is 0 Å². The summed E-state index contributed by atoms with van der Waals surface area (Å²) >= 11 is 5.37. The number of hydrogen-bond donors (Lipinski definition) is 0. The minimum Gasteiger partial charge on any atom is -0.325 e. The van der Waals surface area contributed by atoms with Crippen molar-refractivity contribution >= 4 is 23.3 Å². The first-order valence-electron chi connectivity index (χ1n) is 5.25. The average molecular weight is 272 g/mol. The van der Waals surface area contributed by atoms with Gasteiger partial charge < -0.3 is 4.90 Å². The van der Waals surface area contributed by atoms with Gasteiger partial charge in [0.2, 0.25) is 0 Å². The quantitative estimate of drug-likeness (QED) is 0.720. The first-order chi connectivity index (χ1) is 7.79. The normalized spacial score (nSPS) is 25.8. The number of rotatable bonds is 2. The van der Waals surface area contributed by atoms with Crippen LogP contribution in [-0.2, 0) is 9.59 Å². The highest BCUT2D eigenvalue weighted by molar-refractivity contribution is 6.28. The van der Waals surface area contributed by atoms with Gasteiger partial charge in [-0.2, -0.15) is 13.2 Å². The van der Waals surface area contributed by atoms with Gasteiger partial charge in [-0.1, -0.05) is 6.92 Å². The van der Waals surface area contributed by atoms with Crippen LogP contribution in [-0.4, -0.2) is 41.2 Å². The molecule has 1 heterocycles. The predicted molar refractivity (Wildman–Crippen MR) is 55.7 cm³/mol. The number of Topliss-reactive ketones (excluding diaryl/α,β-unsaturated/α-hetero) is 1. The number of nitrogens with zero attached hydrogens (tertiary/aromatic N) is 1. The van der Waals surface area contributed by atoms with Crippen molar-refractivity contribution < 1.29 is 22.8 Å². The van der Waals surface area contributed by atoms with Crippen LogP contribution in [0.4, 0.5) is 13.2 Å². The molecular formula is C10H13ClF3NO2. The Morgan fingerprint density at radius 1 is 1.41 bits per heavy atom. The lowest BCUT2D eigenvalue weighted by molar-refractivity contribution is -0.190. The van der Waals surface area contributed by atoms with E-state index in [4.69, 9.17) is 11.6 Å². The molecule has 1 aliphatic rings. The maximum absolute atomic E-state index is 12.4. The fourth-order valence-corrected chi connectivity index (χ4v) is 2.31. The number of likely N-dealkylation sites (tertiary alicyclic amines) is 1. The summed E-state index contributed by atoms with van der Waals surface area (Å²) in [6, 6.07) is -1.05. The molecule has 3 nitrogen and oxygen atoms in total. The molecule has 0 aliphatic carbocycles. The molecular weight excluding hydrogens is 259 g/mol. The zero-order valence-corrected chi connectivity index (χ0v) is 10.0. The molecule has 1 saturated heterocycles. The van der Waals surface area contributed by atoms with Crippen molar-refractivity contribution in [1.82, 2.24) is 4.90 Å². The largest absolute Gasteiger partial charge is 0.471 e. The summed E-state index contributed by atoms with van der Waals surface area (Å²) in [7, 11) is 0. The fourth-order valence-electron chi connectivity index (χ4n) is 2.15. The topological polar surface area (TPSA) is 37.4 Å². The Bertz CT molecular complexity index is 319. The zero-order valence-electron chi connectivity index (χ0n) is 9.26. The molecule has 0 aromatic carbocycles. The van der Waals surface area contributed by atoms with E-state index in [-0.39, 0.29) is 18.3 Å². The molecule has 0 radical (unpaired) electrons. The summed E-state index contributed by atoms with van der Waals surface area (Å²) in [5, 5.41) is 0. The van der Waals surface area contributed by atoms with E-state index in [0.29, 0.717) is 17.7 Å². The smallest absolute Gasteiger partial charge is 0.325 e. The second-order valence-corrected chi connectivity index (χ2v) is 4.43. The molecule has 7 heteroatoms. The summed E-state index contributed by atoms with van der Waals surface area (Å²) in [5.74, 6) is -3.15. The van der Waals surface area contributed by atoms with Gasteiger partial charge in [0.15, 0.2) is 5.78 Å². The van der Waals surface area contributed by atoms with Crippen molar-refractivity contribution in [3.05, 3.63) is 0 Å². The van der Waals surface area contributed by atoms with E-state index in [1.54, 1.807) is 6.92 Å². The molecule has 0 saturated carbocycles. The molecule has 1 fully saturated rings. The van der Waals surface area contributed by atoms with E-state index in [1.165, 1.54) is 0 Å². The Labute approximate surface area is 102 Å². The van der Waals surface area contributed by atoms with Crippen LogP contribution in [0.3, 0.4) is 0 Å². The number of amides is 1. The number of alkyl halides is 4. The van der Waals surface area contributed by atoms with Gasteiger partial charge in [-0.05, 0) is 18.8 Å². The van der Waals surface area contributed by atoms with Crippen LogP contribution < -0.4 is 0 Å². The molecule has 2 unspecified atom stereocenters. The van der Waals surface area contributed by atoms with E-state index < -0.39 is 23.9 Å². The Hall–Kier alpha value is -0.780. The summed E-state index contributed by atoms with van der Waals surface area (Å²) < 4.78 is 37.1. The van der Waals surface area contributed by atoms with E-state index in [0.717, 1.165) is 0 Å². The van der Waals surface area contributed by atoms with E-state index in [1.807, 2.05) is 0 Å². The molecule has 0 bridgehead atoms. The third kappa shape index (κ3) is 3.12. The van der Waals surface area contributed by atoms with Crippen molar-refractivity contribution in [2.24, 2.45) is 5.92 Å². The van der Waals surface area contributed by atoms with Gasteiger partial charge in [-0.15, -0.1) is 11.6 Å². The van der Waals surface area contributed by atoms with Crippen LogP contribution >= 0.6 is 11.6 Å². The standard InChI is InChI=1S/C10H13ClF3NO2/c1-6-3-2-4-15(8(6)7(16)5-11)9(17)10(12,13)14/h6,8H,2-5H2,1H3. The average Bonchev–Trinajstić information content (AvgIpc) is 2.25. The van der Waals surface area contributed by atoms with Crippen LogP contribution in [0.1, 0.15) is 19.8 Å². The lowest BCUT2D eigenvalue weighted by Crippen LogP contribution is -2.55. The molecule has 1 rings (SSSR count). The molecule has 0 aromatic rings. The monoisotopic (exact) mass is 271 g/mol. The van der Waals surface area contributed by atoms with E-state index in [9.17, 15) is 22.8 Å². The summed E-state index contributed by atoms with van der Waals surface area (Å²) in [6.45, 7) is 1.61. The number of piperidine rings is 1. The van der Waals surface area contributed by atoms with Gasteiger partial charge in [-0.25, -0.2) is 0 Å². The van der Waals surface area contributed by atoms with Gasteiger partial charge in [-0.3, -0.25) is 9.59 Å². The Morgan fingerprint density at radius 3 is 2.47 bits per heavy atom. The number of ketones is 1. The maximum atomic E-state index is 12.4. The number of carbonyl (C=O) groups excluding carboxylic acids is 2. The van der Waals surface area contributed by atoms with Crippen molar-refractivity contribution in [3.8, 4) is 0 Å². The Balaban J connectivity index is 2.94. The fraction of sp³-hybridized carbons (Fsp3) is 0.800. The van der Waals surface area contributed by atoms with Gasteiger partial charge in [0.1, 0.15) is 0 Å². The third-order valence-corrected chi connectivity index (χ3v) is 3.16. The van der Waals surface area contributed by atoms with Crippen molar-refractivity contribution in [2.75, 3.05) is 12.4 Å². The second kappa shape index (κ2) is 5.25. The molecule has 0 spiro atoms. The highest BCUT2D eigenvalue weighted by Crippen LogP contribution is 2.29. The van der Waals surface area contributed by atoms with Crippen molar-refractivity contribution in [1.29, 1.82) is 0 Å². The highest BCUT2D eigenvalue weighted by atomic mass is 35.5. The lowest BCUT2D eigenvalue weighted by Gasteiger charge is -2.38. The molecule has 0 aromatic heterocycles. The molecule has 0 N–H and O–H groups in total. The van der Waals surface area contributed by atoms with Crippen LogP contribution in [0, 0.1) is 5.92 Å². The van der Waals surface area contributed by atoms with Crippen molar-refractivity contribution in [2.45, 2.75) is 32.0 Å².